The second kappa shape index (κ2) is 5.01. The van der Waals surface area contributed by atoms with E-state index in [1.54, 1.807) is 7.05 Å². The molecule has 2 amide bonds. The Bertz CT molecular complexity index is 143. The first kappa shape index (κ1) is 11.3. The molecule has 0 saturated heterocycles. The molecule has 0 heterocycles. The van der Waals surface area contributed by atoms with Crippen molar-refractivity contribution in [2.24, 2.45) is 5.92 Å². The molecule has 0 rings (SSSR count). The van der Waals surface area contributed by atoms with Crippen LogP contribution in [0.4, 0.5) is 4.79 Å². The number of carbonyl (C=O) groups is 1. The minimum absolute atomic E-state index is 0.0127. The Morgan fingerprint density at radius 2 is 1.83 bits per heavy atom. The van der Waals surface area contributed by atoms with Crippen molar-refractivity contribution in [3.05, 3.63) is 0 Å². The number of hydrogen-bond donors (Lipinski definition) is 1. The maximum Gasteiger partial charge on any atom is 0.317 e. The summed E-state index contributed by atoms with van der Waals surface area (Å²) in [7, 11) is 1.66. The van der Waals surface area contributed by atoms with E-state index < -0.39 is 0 Å². The summed E-state index contributed by atoms with van der Waals surface area (Å²) >= 11 is 0. The molecule has 0 aromatic rings. The van der Waals surface area contributed by atoms with Crippen LogP contribution in [0.5, 0.6) is 0 Å². The van der Waals surface area contributed by atoms with Crippen molar-refractivity contribution < 1.29 is 4.79 Å². The number of hydrogen-bond acceptors (Lipinski definition) is 1. The van der Waals surface area contributed by atoms with Crippen molar-refractivity contribution in [3.8, 4) is 0 Å². The van der Waals surface area contributed by atoms with E-state index in [0.29, 0.717) is 5.92 Å². The normalized spacial score (nSPS) is 10.6. The third-order valence-corrected chi connectivity index (χ3v) is 1.66. The van der Waals surface area contributed by atoms with Gasteiger partial charge in [0.25, 0.3) is 0 Å². The number of carbonyl (C=O) groups excluding carboxylic acids is 1. The lowest BCUT2D eigenvalue weighted by Crippen LogP contribution is -2.44. The molecule has 0 aliphatic rings. The van der Waals surface area contributed by atoms with E-state index in [-0.39, 0.29) is 12.1 Å². The maximum absolute atomic E-state index is 11.3. The van der Waals surface area contributed by atoms with Crippen LogP contribution in [0.25, 0.3) is 0 Å². The fraction of sp³-hybridized carbons (Fsp3) is 0.889. The summed E-state index contributed by atoms with van der Waals surface area (Å²) in [5.41, 5.74) is 0. The molecular weight excluding hydrogens is 152 g/mol. The minimum atomic E-state index is 0.0127. The molecule has 0 atom stereocenters. The summed E-state index contributed by atoms with van der Waals surface area (Å²) in [5.74, 6) is 0.518. The Morgan fingerprint density at radius 3 is 2.08 bits per heavy atom. The second-order valence-electron chi connectivity index (χ2n) is 3.70. The van der Waals surface area contributed by atoms with E-state index in [9.17, 15) is 4.79 Å². The molecule has 0 aromatic heterocycles. The van der Waals surface area contributed by atoms with Crippen molar-refractivity contribution >= 4 is 6.03 Å². The number of urea groups is 1. The molecule has 0 radical (unpaired) electrons. The molecule has 1 N–H and O–H groups in total. The quantitative estimate of drug-likeness (QED) is 0.690. The van der Waals surface area contributed by atoms with Crippen LogP contribution in [0.2, 0.25) is 0 Å². The highest BCUT2D eigenvalue weighted by atomic mass is 16.2. The Kier molecular flexibility index (Phi) is 4.71. The first-order chi connectivity index (χ1) is 5.49. The van der Waals surface area contributed by atoms with Crippen LogP contribution in [-0.2, 0) is 0 Å². The van der Waals surface area contributed by atoms with Crippen LogP contribution in [-0.4, -0.2) is 30.6 Å². The standard InChI is InChI=1S/C9H20N2O/c1-7(2)6-11(8(3)4)9(12)10-5/h7-8H,6H2,1-5H3,(H,10,12). The minimum Gasteiger partial charge on any atom is -0.341 e. The summed E-state index contributed by atoms with van der Waals surface area (Å²) in [4.78, 5) is 13.1. The molecule has 0 spiro atoms. The van der Waals surface area contributed by atoms with Gasteiger partial charge in [0.15, 0.2) is 0 Å². The van der Waals surface area contributed by atoms with E-state index in [1.807, 2.05) is 18.7 Å². The highest BCUT2D eigenvalue weighted by Gasteiger charge is 2.15. The number of nitrogens with zero attached hydrogens (tertiary/aromatic N) is 1. The zero-order chi connectivity index (χ0) is 9.72. The fourth-order valence-electron chi connectivity index (χ4n) is 1.07. The predicted octanol–water partition coefficient (Wildman–Crippen LogP) is 1.69. The molecule has 0 bridgehead atoms. The highest BCUT2D eigenvalue weighted by Crippen LogP contribution is 2.03. The zero-order valence-corrected chi connectivity index (χ0v) is 8.72. The number of rotatable bonds is 3. The number of nitrogens with one attached hydrogen (secondary N) is 1. The van der Waals surface area contributed by atoms with Crippen molar-refractivity contribution in [1.29, 1.82) is 0 Å². The lowest BCUT2D eigenvalue weighted by molar-refractivity contribution is 0.177. The van der Waals surface area contributed by atoms with Gasteiger partial charge in [0.2, 0.25) is 0 Å². The molecule has 0 saturated carbocycles. The van der Waals surface area contributed by atoms with Gasteiger partial charge in [-0.3, -0.25) is 0 Å². The van der Waals surface area contributed by atoms with E-state index in [4.69, 9.17) is 0 Å². The maximum atomic E-state index is 11.3. The Labute approximate surface area is 75.1 Å². The Hall–Kier alpha value is -0.730. The van der Waals surface area contributed by atoms with Gasteiger partial charge in [-0.2, -0.15) is 0 Å². The van der Waals surface area contributed by atoms with Crippen LogP contribution < -0.4 is 5.32 Å². The van der Waals surface area contributed by atoms with Crippen LogP contribution >= 0.6 is 0 Å². The summed E-state index contributed by atoms with van der Waals surface area (Å²) in [6, 6.07) is 0.283. The first-order valence-electron chi connectivity index (χ1n) is 4.47. The van der Waals surface area contributed by atoms with Gasteiger partial charge < -0.3 is 10.2 Å². The second-order valence-corrected chi connectivity index (χ2v) is 3.70. The van der Waals surface area contributed by atoms with E-state index in [0.717, 1.165) is 6.54 Å². The highest BCUT2D eigenvalue weighted by molar-refractivity contribution is 5.74. The van der Waals surface area contributed by atoms with Gasteiger partial charge in [0.05, 0.1) is 0 Å². The smallest absolute Gasteiger partial charge is 0.317 e. The van der Waals surface area contributed by atoms with Gasteiger partial charge in [-0.05, 0) is 19.8 Å². The molecule has 12 heavy (non-hydrogen) atoms. The molecular formula is C9H20N2O. The van der Waals surface area contributed by atoms with Gasteiger partial charge in [-0.25, -0.2) is 4.79 Å². The average molecular weight is 172 g/mol. The SMILES string of the molecule is CNC(=O)N(CC(C)C)C(C)C. The summed E-state index contributed by atoms with van der Waals surface area (Å²) < 4.78 is 0. The lowest BCUT2D eigenvalue weighted by atomic mass is 10.2. The Morgan fingerprint density at radius 1 is 1.33 bits per heavy atom. The molecule has 0 aliphatic heterocycles. The average Bonchev–Trinajstić information content (AvgIpc) is 1.98. The van der Waals surface area contributed by atoms with Gasteiger partial charge in [0, 0.05) is 19.6 Å². The monoisotopic (exact) mass is 172 g/mol. The van der Waals surface area contributed by atoms with Gasteiger partial charge >= 0.3 is 6.03 Å². The van der Waals surface area contributed by atoms with E-state index >= 15 is 0 Å². The van der Waals surface area contributed by atoms with Crippen molar-refractivity contribution in [2.75, 3.05) is 13.6 Å². The first-order valence-corrected chi connectivity index (χ1v) is 4.47. The molecule has 0 fully saturated rings. The zero-order valence-electron chi connectivity index (χ0n) is 8.72. The van der Waals surface area contributed by atoms with E-state index in [1.165, 1.54) is 0 Å². The number of amides is 2. The molecule has 0 unspecified atom stereocenters. The summed E-state index contributed by atoms with van der Waals surface area (Å²) in [6.07, 6.45) is 0. The van der Waals surface area contributed by atoms with Crippen LogP contribution in [0.1, 0.15) is 27.7 Å². The molecule has 3 nitrogen and oxygen atoms in total. The van der Waals surface area contributed by atoms with Gasteiger partial charge in [-0.1, -0.05) is 13.8 Å². The lowest BCUT2D eigenvalue weighted by Gasteiger charge is -2.27. The summed E-state index contributed by atoms with van der Waals surface area (Å²) in [6.45, 7) is 9.09. The van der Waals surface area contributed by atoms with Crippen molar-refractivity contribution in [1.82, 2.24) is 10.2 Å². The summed E-state index contributed by atoms with van der Waals surface area (Å²) in [5, 5.41) is 2.64. The molecule has 0 aliphatic carbocycles. The van der Waals surface area contributed by atoms with Crippen molar-refractivity contribution in [2.45, 2.75) is 33.7 Å². The topological polar surface area (TPSA) is 32.3 Å². The predicted molar refractivity (Wildman–Crippen MR) is 51.1 cm³/mol. The fourth-order valence-corrected chi connectivity index (χ4v) is 1.07. The van der Waals surface area contributed by atoms with Gasteiger partial charge in [0.1, 0.15) is 0 Å². The third kappa shape index (κ3) is 3.60. The molecule has 72 valence electrons. The Balaban J connectivity index is 4.13. The van der Waals surface area contributed by atoms with E-state index in [2.05, 4.69) is 19.2 Å². The third-order valence-electron chi connectivity index (χ3n) is 1.66. The van der Waals surface area contributed by atoms with Gasteiger partial charge in [-0.15, -0.1) is 0 Å². The van der Waals surface area contributed by atoms with Crippen LogP contribution in [0, 0.1) is 5.92 Å². The largest absolute Gasteiger partial charge is 0.341 e. The molecule has 0 aromatic carbocycles. The molecule has 3 heteroatoms. The van der Waals surface area contributed by atoms with Crippen molar-refractivity contribution in [3.63, 3.8) is 0 Å². The van der Waals surface area contributed by atoms with Crippen LogP contribution in [0.15, 0.2) is 0 Å². The van der Waals surface area contributed by atoms with Crippen LogP contribution in [0.3, 0.4) is 0 Å².